The first kappa shape index (κ1) is 11.3. The minimum atomic E-state index is -0.115. The number of terminal acetylenes is 1. The van der Waals surface area contributed by atoms with Gasteiger partial charge in [-0.15, -0.1) is 6.42 Å². The molecular formula is C12H13NO2. The number of ether oxygens (including phenoxy) is 1. The summed E-state index contributed by atoms with van der Waals surface area (Å²) in [6, 6.07) is 6.89. The zero-order valence-corrected chi connectivity index (χ0v) is 8.62. The highest BCUT2D eigenvalue weighted by Gasteiger charge is 2.03. The van der Waals surface area contributed by atoms with E-state index in [0.29, 0.717) is 18.7 Å². The average molecular weight is 203 g/mol. The SMILES string of the molecule is C#Cc1ccc(C(=O)NCCOC)cc1. The van der Waals surface area contributed by atoms with Crippen LogP contribution < -0.4 is 5.32 Å². The van der Waals surface area contributed by atoms with Crippen LogP contribution in [0.5, 0.6) is 0 Å². The lowest BCUT2D eigenvalue weighted by atomic mass is 10.1. The van der Waals surface area contributed by atoms with E-state index in [4.69, 9.17) is 11.2 Å². The molecule has 1 amide bonds. The molecule has 1 rings (SSSR count). The number of hydrogen-bond donors (Lipinski definition) is 1. The van der Waals surface area contributed by atoms with E-state index in [9.17, 15) is 4.79 Å². The molecule has 0 spiro atoms. The summed E-state index contributed by atoms with van der Waals surface area (Å²) >= 11 is 0. The number of methoxy groups -OCH3 is 1. The lowest BCUT2D eigenvalue weighted by Gasteiger charge is -2.04. The summed E-state index contributed by atoms with van der Waals surface area (Å²) in [6.07, 6.45) is 5.21. The standard InChI is InChI=1S/C12H13NO2/c1-3-10-4-6-11(7-5-10)12(14)13-8-9-15-2/h1,4-7H,8-9H2,2H3,(H,13,14). The van der Waals surface area contributed by atoms with E-state index in [1.165, 1.54) is 0 Å². The summed E-state index contributed by atoms with van der Waals surface area (Å²) < 4.78 is 4.82. The van der Waals surface area contributed by atoms with Gasteiger partial charge in [0.1, 0.15) is 0 Å². The van der Waals surface area contributed by atoms with Crippen molar-refractivity contribution in [1.82, 2.24) is 5.32 Å². The van der Waals surface area contributed by atoms with Gasteiger partial charge in [-0.25, -0.2) is 0 Å². The summed E-state index contributed by atoms with van der Waals surface area (Å²) in [4.78, 5) is 11.5. The third kappa shape index (κ3) is 3.45. The van der Waals surface area contributed by atoms with Gasteiger partial charge >= 0.3 is 0 Å². The van der Waals surface area contributed by atoms with Crippen LogP contribution in [0.1, 0.15) is 15.9 Å². The predicted molar refractivity (Wildman–Crippen MR) is 58.6 cm³/mol. The number of benzene rings is 1. The fourth-order valence-corrected chi connectivity index (χ4v) is 1.09. The molecule has 1 aromatic rings. The molecule has 3 heteroatoms. The molecule has 0 aromatic heterocycles. The van der Waals surface area contributed by atoms with E-state index < -0.39 is 0 Å². The first-order valence-electron chi connectivity index (χ1n) is 4.61. The lowest BCUT2D eigenvalue weighted by molar-refractivity contribution is 0.0937. The quantitative estimate of drug-likeness (QED) is 0.586. The highest BCUT2D eigenvalue weighted by molar-refractivity contribution is 5.94. The first-order chi connectivity index (χ1) is 7.27. The van der Waals surface area contributed by atoms with E-state index in [1.807, 2.05) is 0 Å². The summed E-state index contributed by atoms with van der Waals surface area (Å²) in [6.45, 7) is 1.01. The van der Waals surface area contributed by atoms with Gasteiger partial charge in [-0.1, -0.05) is 5.92 Å². The van der Waals surface area contributed by atoms with Crippen LogP contribution in [-0.2, 0) is 4.74 Å². The number of amides is 1. The van der Waals surface area contributed by atoms with Crippen LogP contribution >= 0.6 is 0 Å². The molecule has 0 fully saturated rings. The molecule has 0 saturated carbocycles. The molecule has 0 aliphatic rings. The van der Waals surface area contributed by atoms with Crippen molar-refractivity contribution in [1.29, 1.82) is 0 Å². The smallest absolute Gasteiger partial charge is 0.251 e. The van der Waals surface area contributed by atoms with Crippen molar-refractivity contribution < 1.29 is 9.53 Å². The Bertz CT molecular complexity index is 362. The van der Waals surface area contributed by atoms with Gasteiger partial charge in [0.25, 0.3) is 5.91 Å². The van der Waals surface area contributed by atoms with Crippen molar-refractivity contribution in [3.05, 3.63) is 35.4 Å². The second kappa shape index (κ2) is 5.84. The van der Waals surface area contributed by atoms with E-state index in [0.717, 1.165) is 5.56 Å². The zero-order valence-electron chi connectivity index (χ0n) is 8.62. The summed E-state index contributed by atoms with van der Waals surface area (Å²) in [5.41, 5.74) is 1.37. The second-order valence-corrected chi connectivity index (χ2v) is 2.97. The fourth-order valence-electron chi connectivity index (χ4n) is 1.09. The predicted octanol–water partition coefficient (Wildman–Crippen LogP) is 1.04. The van der Waals surface area contributed by atoms with Crippen LogP contribution in [0.4, 0.5) is 0 Å². The molecule has 0 radical (unpaired) electrons. The van der Waals surface area contributed by atoms with Crippen LogP contribution in [0.25, 0.3) is 0 Å². The highest BCUT2D eigenvalue weighted by atomic mass is 16.5. The van der Waals surface area contributed by atoms with Crippen molar-refractivity contribution in [3.63, 3.8) is 0 Å². The number of hydrogen-bond acceptors (Lipinski definition) is 2. The molecule has 0 saturated heterocycles. The molecule has 0 bridgehead atoms. The van der Waals surface area contributed by atoms with Crippen LogP contribution in [0, 0.1) is 12.3 Å². The van der Waals surface area contributed by atoms with Crippen molar-refractivity contribution in [2.45, 2.75) is 0 Å². The number of carbonyl (C=O) groups is 1. The lowest BCUT2D eigenvalue weighted by Crippen LogP contribution is -2.26. The summed E-state index contributed by atoms with van der Waals surface area (Å²) in [5, 5.41) is 2.72. The van der Waals surface area contributed by atoms with Crippen LogP contribution in [0.2, 0.25) is 0 Å². The monoisotopic (exact) mass is 203 g/mol. The maximum Gasteiger partial charge on any atom is 0.251 e. The van der Waals surface area contributed by atoms with E-state index >= 15 is 0 Å². The third-order valence-corrected chi connectivity index (χ3v) is 1.91. The van der Waals surface area contributed by atoms with Gasteiger partial charge in [0, 0.05) is 24.8 Å². The van der Waals surface area contributed by atoms with Crippen LogP contribution in [0.15, 0.2) is 24.3 Å². The molecule has 1 aromatic carbocycles. The van der Waals surface area contributed by atoms with Crippen molar-refractivity contribution in [3.8, 4) is 12.3 Å². The Morgan fingerprint density at radius 3 is 2.67 bits per heavy atom. The zero-order chi connectivity index (χ0) is 11.1. The van der Waals surface area contributed by atoms with E-state index in [1.54, 1.807) is 31.4 Å². The Kier molecular flexibility index (Phi) is 4.39. The molecule has 0 aliphatic carbocycles. The molecule has 0 aliphatic heterocycles. The maximum atomic E-state index is 11.5. The van der Waals surface area contributed by atoms with Gasteiger partial charge in [0.05, 0.1) is 6.61 Å². The fraction of sp³-hybridized carbons (Fsp3) is 0.250. The normalized spacial score (nSPS) is 9.33. The Balaban J connectivity index is 2.55. The molecule has 0 unspecified atom stereocenters. The molecular weight excluding hydrogens is 190 g/mol. The van der Waals surface area contributed by atoms with Gasteiger partial charge in [-0.3, -0.25) is 4.79 Å². The first-order valence-corrected chi connectivity index (χ1v) is 4.61. The Labute approximate surface area is 89.4 Å². The summed E-state index contributed by atoms with van der Waals surface area (Å²) in [5.74, 6) is 2.38. The topological polar surface area (TPSA) is 38.3 Å². The largest absolute Gasteiger partial charge is 0.383 e. The number of nitrogens with one attached hydrogen (secondary N) is 1. The summed E-state index contributed by atoms with van der Waals surface area (Å²) in [7, 11) is 1.59. The molecule has 1 N–H and O–H groups in total. The van der Waals surface area contributed by atoms with Gasteiger partial charge in [0.15, 0.2) is 0 Å². The minimum Gasteiger partial charge on any atom is -0.383 e. The van der Waals surface area contributed by atoms with Gasteiger partial charge in [-0.2, -0.15) is 0 Å². The molecule has 0 heterocycles. The molecule has 15 heavy (non-hydrogen) atoms. The number of carbonyl (C=O) groups excluding carboxylic acids is 1. The molecule has 78 valence electrons. The van der Waals surface area contributed by atoms with Gasteiger partial charge in [0.2, 0.25) is 0 Å². The van der Waals surface area contributed by atoms with Gasteiger partial charge in [-0.05, 0) is 24.3 Å². The van der Waals surface area contributed by atoms with Gasteiger partial charge < -0.3 is 10.1 Å². The Morgan fingerprint density at radius 2 is 2.13 bits per heavy atom. The maximum absolute atomic E-state index is 11.5. The van der Waals surface area contributed by atoms with Crippen molar-refractivity contribution in [2.24, 2.45) is 0 Å². The van der Waals surface area contributed by atoms with Crippen LogP contribution in [0.3, 0.4) is 0 Å². The van der Waals surface area contributed by atoms with Crippen LogP contribution in [-0.4, -0.2) is 26.2 Å². The second-order valence-electron chi connectivity index (χ2n) is 2.97. The highest BCUT2D eigenvalue weighted by Crippen LogP contribution is 2.02. The Hall–Kier alpha value is -1.79. The van der Waals surface area contributed by atoms with E-state index in [2.05, 4.69) is 11.2 Å². The minimum absolute atomic E-state index is 0.115. The van der Waals surface area contributed by atoms with E-state index in [-0.39, 0.29) is 5.91 Å². The number of rotatable bonds is 4. The molecule has 0 atom stereocenters. The van der Waals surface area contributed by atoms with Crippen molar-refractivity contribution >= 4 is 5.91 Å². The third-order valence-electron chi connectivity index (χ3n) is 1.91. The van der Waals surface area contributed by atoms with Crippen molar-refractivity contribution in [2.75, 3.05) is 20.3 Å². The molecule has 3 nitrogen and oxygen atoms in total. The Morgan fingerprint density at radius 1 is 1.47 bits per heavy atom. The average Bonchev–Trinajstić information content (AvgIpc) is 2.29.